The molecule has 0 aliphatic carbocycles. The Morgan fingerprint density at radius 2 is 1.86 bits per heavy atom. The van der Waals surface area contributed by atoms with E-state index >= 15 is 0 Å². The zero-order valence-corrected chi connectivity index (χ0v) is 11.8. The fourth-order valence-corrected chi connectivity index (χ4v) is 2.23. The Kier molecular flexibility index (Phi) is 3.83. The van der Waals surface area contributed by atoms with Gasteiger partial charge < -0.3 is 5.32 Å². The van der Waals surface area contributed by atoms with Crippen molar-refractivity contribution in [2.45, 2.75) is 6.54 Å². The van der Waals surface area contributed by atoms with E-state index in [1.54, 1.807) is 29.4 Å². The van der Waals surface area contributed by atoms with E-state index in [1.165, 1.54) is 6.07 Å². The van der Waals surface area contributed by atoms with Crippen LogP contribution < -0.4 is 5.32 Å². The third-order valence-corrected chi connectivity index (χ3v) is 3.45. The molecule has 0 unspecified atom stereocenters. The minimum atomic E-state index is -0.315. The molecule has 0 fully saturated rings. The molecule has 21 heavy (non-hydrogen) atoms. The van der Waals surface area contributed by atoms with Crippen molar-refractivity contribution >= 4 is 17.3 Å². The summed E-state index contributed by atoms with van der Waals surface area (Å²) in [5.74, 6) is -0.315. The molecule has 0 saturated carbocycles. The molecule has 106 valence electrons. The van der Waals surface area contributed by atoms with Crippen LogP contribution >= 0.6 is 11.6 Å². The molecular formula is C15H12ClFN4. The predicted octanol–water partition coefficient (Wildman–Crippen LogP) is 3.67. The highest BCUT2D eigenvalue weighted by molar-refractivity contribution is 6.31. The molecular weight excluding hydrogens is 291 g/mol. The Hall–Kier alpha value is -2.40. The average Bonchev–Trinajstić information content (AvgIpc) is 3.01. The topological polar surface area (TPSA) is 42.7 Å². The van der Waals surface area contributed by atoms with Gasteiger partial charge in [0.2, 0.25) is 0 Å². The first-order valence-electron chi connectivity index (χ1n) is 6.36. The van der Waals surface area contributed by atoms with Gasteiger partial charge in [0.05, 0.1) is 5.69 Å². The van der Waals surface area contributed by atoms with Crippen LogP contribution in [0.4, 0.5) is 10.1 Å². The molecule has 2 aromatic carbocycles. The molecule has 0 amide bonds. The molecule has 0 radical (unpaired) electrons. The largest absolute Gasteiger partial charge is 0.381 e. The number of aromatic nitrogens is 3. The maximum absolute atomic E-state index is 13.7. The van der Waals surface area contributed by atoms with Crippen molar-refractivity contribution in [1.29, 1.82) is 0 Å². The minimum Gasteiger partial charge on any atom is -0.381 e. The SMILES string of the molecule is Fc1cccc(Cl)c1CNc1cccc(-n2cnnc2)c1. The number of rotatable bonds is 4. The highest BCUT2D eigenvalue weighted by Crippen LogP contribution is 2.21. The van der Waals surface area contributed by atoms with E-state index in [2.05, 4.69) is 15.5 Å². The maximum Gasteiger partial charge on any atom is 0.129 e. The van der Waals surface area contributed by atoms with Gasteiger partial charge in [0.15, 0.2) is 0 Å². The second kappa shape index (κ2) is 5.93. The summed E-state index contributed by atoms with van der Waals surface area (Å²) in [6.45, 7) is 0.317. The number of anilines is 1. The van der Waals surface area contributed by atoms with E-state index in [0.29, 0.717) is 17.1 Å². The monoisotopic (exact) mass is 302 g/mol. The fraction of sp³-hybridized carbons (Fsp3) is 0.0667. The van der Waals surface area contributed by atoms with E-state index in [4.69, 9.17) is 11.6 Å². The first-order valence-corrected chi connectivity index (χ1v) is 6.73. The molecule has 0 aliphatic rings. The summed E-state index contributed by atoms with van der Waals surface area (Å²) in [4.78, 5) is 0. The lowest BCUT2D eigenvalue weighted by Crippen LogP contribution is -2.03. The number of hydrogen-bond donors (Lipinski definition) is 1. The van der Waals surface area contributed by atoms with Gasteiger partial charge in [0.25, 0.3) is 0 Å². The van der Waals surface area contributed by atoms with Crippen molar-refractivity contribution in [3.63, 3.8) is 0 Å². The lowest BCUT2D eigenvalue weighted by molar-refractivity contribution is 0.613. The van der Waals surface area contributed by atoms with Crippen molar-refractivity contribution in [2.75, 3.05) is 5.32 Å². The van der Waals surface area contributed by atoms with Crippen molar-refractivity contribution in [3.8, 4) is 5.69 Å². The Balaban J connectivity index is 1.78. The lowest BCUT2D eigenvalue weighted by atomic mass is 10.2. The van der Waals surface area contributed by atoms with Crippen LogP contribution in [-0.4, -0.2) is 14.8 Å². The molecule has 0 aliphatic heterocycles. The van der Waals surface area contributed by atoms with Gasteiger partial charge in [-0.1, -0.05) is 23.7 Å². The van der Waals surface area contributed by atoms with Crippen LogP contribution in [0, 0.1) is 5.82 Å². The number of halogens is 2. The van der Waals surface area contributed by atoms with Crippen molar-refractivity contribution in [3.05, 3.63) is 71.5 Å². The molecule has 0 saturated heterocycles. The number of hydrogen-bond acceptors (Lipinski definition) is 3. The third-order valence-electron chi connectivity index (χ3n) is 3.09. The van der Waals surface area contributed by atoms with Crippen LogP contribution in [0.2, 0.25) is 5.02 Å². The first kappa shape index (κ1) is 13.6. The summed E-state index contributed by atoms with van der Waals surface area (Å²) < 4.78 is 15.5. The Labute approximate surface area is 126 Å². The predicted molar refractivity (Wildman–Crippen MR) is 80.1 cm³/mol. The van der Waals surface area contributed by atoms with E-state index < -0.39 is 0 Å². The Morgan fingerprint density at radius 1 is 1.10 bits per heavy atom. The van der Waals surface area contributed by atoms with Crippen molar-refractivity contribution in [1.82, 2.24) is 14.8 Å². The first-order chi connectivity index (χ1) is 10.2. The smallest absolute Gasteiger partial charge is 0.129 e. The standard InChI is InChI=1S/C15H12ClFN4/c16-14-5-2-6-15(17)13(14)8-18-11-3-1-4-12(7-11)21-9-19-20-10-21/h1-7,9-10,18H,8H2. The molecule has 4 nitrogen and oxygen atoms in total. The molecule has 1 aromatic heterocycles. The van der Waals surface area contributed by atoms with E-state index in [1.807, 2.05) is 24.3 Å². The van der Waals surface area contributed by atoms with Gasteiger partial charge in [-0.3, -0.25) is 4.57 Å². The maximum atomic E-state index is 13.7. The molecule has 1 heterocycles. The molecule has 1 N–H and O–H groups in total. The van der Waals surface area contributed by atoms with Crippen LogP contribution in [0.15, 0.2) is 55.1 Å². The van der Waals surface area contributed by atoms with Crippen LogP contribution in [0.3, 0.4) is 0 Å². The van der Waals surface area contributed by atoms with Gasteiger partial charge in [-0.05, 0) is 30.3 Å². The molecule has 0 spiro atoms. The summed E-state index contributed by atoms with van der Waals surface area (Å²) in [7, 11) is 0. The summed E-state index contributed by atoms with van der Waals surface area (Å²) in [5, 5.41) is 11.1. The molecule has 0 bridgehead atoms. The van der Waals surface area contributed by atoms with Gasteiger partial charge in [-0.25, -0.2) is 4.39 Å². The summed E-state index contributed by atoms with van der Waals surface area (Å²) in [6, 6.07) is 12.3. The van der Waals surface area contributed by atoms with Crippen molar-refractivity contribution in [2.24, 2.45) is 0 Å². The molecule has 6 heteroatoms. The Morgan fingerprint density at radius 3 is 2.62 bits per heavy atom. The quantitative estimate of drug-likeness (QED) is 0.799. The summed E-state index contributed by atoms with van der Waals surface area (Å²) in [6.07, 6.45) is 3.24. The number of nitrogens with zero attached hydrogens (tertiary/aromatic N) is 3. The van der Waals surface area contributed by atoms with Crippen LogP contribution in [-0.2, 0) is 6.54 Å². The number of nitrogens with one attached hydrogen (secondary N) is 1. The summed E-state index contributed by atoms with van der Waals surface area (Å²) >= 11 is 6.01. The second-order valence-electron chi connectivity index (χ2n) is 4.47. The highest BCUT2D eigenvalue weighted by Gasteiger charge is 2.06. The zero-order valence-electron chi connectivity index (χ0n) is 11.0. The van der Waals surface area contributed by atoms with E-state index in [9.17, 15) is 4.39 Å². The highest BCUT2D eigenvalue weighted by atomic mass is 35.5. The van der Waals surface area contributed by atoms with Gasteiger partial charge in [0, 0.05) is 22.8 Å². The number of benzene rings is 2. The molecule has 0 atom stereocenters. The van der Waals surface area contributed by atoms with Gasteiger partial charge in [-0.2, -0.15) is 0 Å². The van der Waals surface area contributed by atoms with Gasteiger partial charge in [0.1, 0.15) is 18.5 Å². The summed E-state index contributed by atoms with van der Waals surface area (Å²) in [5.41, 5.74) is 2.24. The minimum absolute atomic E-state index is 0.315. The fourth-order valence-electron chi connectivity index (χ4n) is 2.00. The Bertz CT molecular complexity index is 723. The van der Waals surface area contributed by atoms with Crippen LogP contribution in [0.1, 0.15) is 5.56 Å². The van der Waals surface area contributed by atoms with Crippen LogP contribution in [0.25, 0.3) is 5.69 Å². The van der Waals surface area contributed by atoms with Gasteiger partial charge >= 0.3 is 0 Å². The molecule has 3 aromatic rings. The third kappa shape index (κ3) is 3.03. The average molecular weight is 303 g/mol. The van der Waals surface area contributed by atoms with E-state index in [0.717, 1.165) is 11.4 Å². The zero-order chi connectivity index (χ0) is 14.7. The lowest BCUT2D eigenvalue weighted by Gasteiger charge is -2.10. The van der Waals surface area contributed by atoms with E-state index in [-0.39, 0.29) is 5.82 Å². The molecule has 3 rings (SSSR count). The van der Waals surface area contributed by atoms with Crippen molar-refractivity contribution < 1.29 is 4.39 Å². The second-order valence-corrected chi connectivity index (χ2v) is 4.88. The van der Waals surface area contributed by atoms with Crippen LogP contribution in [0.5, 0.6) is 0 Å². The normalized spacial score (nSPS) is 10.6. The van der Waals surface area contributed by atoms with Gasteiger partial charge in [-0.15, -0.1) is 10.2 Å².